The summed E-state index contributed by atoms with van der Waals surface area (Å²) in [6, 6.07) is 4.30. The van der Waals surface area contributed by atoms with Gasteiger partial charge in [0, 0.05) is 24.1 Å². The van der Waals surface area contributed by atoms with E-state index in [0.717, 1.165) is 0 Å². The highest BCUT2D eigenvalue weighted by molar-refractivity contribution is 5.30. The molecule has 0 heterocycles. The number of hydrogen-bond acceptors (Lipinski definition) is 3. The van der Waals surface area contributed by atoms with E-state index in [4.69, 9.17) is 10.5 Å². The Kier molecular flexibility index (Phi) is 4.48. The van der Waals surface area contributed by atoms with Crippen LogP contribution in [0.3, 0.4) is 0 Å². The van der Waals surface area contributed by atoms with Crippen LogP contribution in [0.5, 0.6) is 5.75 Å². The largest absolute Gasteiger partial charge is 0.493 e. The fourth-order valence-corrected chi connectivity index (χ4v) is 1.39. The first-order valence-corrected chi connectivity index (χ1v) is 5.70. The smallest absolute Gasteiger partial charge is 0.131 e. The minimum absolute atomic E-state index is 0.333. The van der Waals surface area contributed by atoms with E-state index in [1.807, 2.05) is 0 Å². The summed E-state index contributed by atoms with van der Waals surface area (Å²) in [6.07, 6.45) is 0.490. The lowest BCUT2D eigenvalue weighted by Gasteiger charge is -2.17. The molecule has 0 bridgehead atoms. The number of rotatable bonds is 5. The van der Waals surface area contributed by atoms with Crippen molar-refractivity contribution < 1.29 is 14.2 Å². The monoisotopic (exact) mass is 241 g/mol. The molecule has 0 spiro atoms. The SMILES string of the molecule is C[C@H](N)c1ccc(OCCC(C)(C)O)cc1F. The molecule has 0 radical (unpaired) electrons. The molecule has 17 heavy (non-hydrogen) atoms. The van der Waals surface area contributed by atoms with Gasteiger partial charge in [-0.25, -0.2) is 4.39 Å². The van der Waals surface area contributed by atoms with Gasteiger partial charge in [-0.3, -0.25) is 0 Å². The topological polar surface area (TPSA) is 55.5 Å². The number of aliphatic hydroxyl groups is 1. The Labute approximate surface area is 101 Å². The van der Waals surface area contributed by atoms with Crippen molar-refractivity contribution in [2.24, 2.45) is 5.73 Å². The number of halogens is 1. The summed E-state index contributed by atoms with van der Waals surface area (Å²) < 4.78 is 18.9. The summed E-state index contributed by atoms with van der Waals surface area (Å²) in [6.45, 7) is 5.49. The maximum absolute atomic E-state index is 13.6. The summed E-state index contributed by atoms with van der Waals surface area (Å²) in [5.74, 6) is 0.0944. The Balaban J connectivity index is 2.59. The van der Waals surface area contributed by atoms with Crippen LogP contribution in [0.2, 0.25) is 0 Å². The van der Waals surface area contributed by atoms with Crippen LogP contribution in [0.4, 0.5) is 4.39 Å². The molecule has 0 unspecified atom stereocenters. The normalized spacial score (nSPS) is 13.5. The molecule has 96 valence electrons. The van der Waals surface area contributed by atoms with Crippen molar-refractivity contribution in [3.63, 3.8) is 0 Å². The van der Waals surface area contributed by atoms with Crippen LogP contribution >= 0.6 is 0 Å². The quantitative estimate of drug-likeness (QED) is 0.832. The molecule has 0 saturated carbocycles. The van der Waals surface area contributed by atoms with E-state index in [2.05, 4.69) is 0 Å². The van der Waals surface area contributed by atoms with Gasteiger partial charge in [-0.1, -0.05) is 6.07 Å². The molecule has 1 rings (SSSR count). The van der Waals surface area contributed by atoms with Crippen LogP contribution in [0, 0.1) is 5.82 Å². The van der Waals surface area contributed by atoms with Gasteiger partial charge in [-0.05, 0) is 26.8 Å². The van der Waals surface area contributed by atoms with Crippen molar-refractivity contribution in [1.29, 1.82) is 0 Å². The molecule has 3 N–H and O–H groups in total. The molecule has 0 saturated heterocycles. The van der Waals surface area contributed by atoms with Gasteiger partial charge in [-0.15, -0.1) is 0 Å². The molecule has 0 amide bonds. The van der Waals surface area contributed by atoms with E-state index < -0.39 is 5.60 Å². The van der Waals surface area contributed by atoms with Crippen molar-refractivity contribution in [2.75, 3.05) is 6.61 Å². The molecule has 1 aromatic rings. The molecule has 3 nitrogen and oxygen atoms in total. The van der Waals surface area contributed by atoms with E-state index in [1.54, 1.807) is 32.9 Å². The van der Waals surface area contributed by atoms with Gasteiger partial charge in [0.05, 0.1) is 12.2 Å². The molecule has 4 heteroatoms. The molecular formula is C13H20FNO2. The van der Waals surface area contributed by atoms with Crippen molar-refractivity contribution in [3.8, 4) is 5.75 Å². The van der Waals surface area contributed by atoms with Crippen LogP contribution in [0.1, 0.15) is 38.8 Å². The van der Waals surface area contributed by atoms with Crippen LogP contribution < -0.4 is 10.5 Å². The number of benzene rings is 1. The zero-order valence-electron chi connectivity index (χ0n) is 10.5. The van der Waals surface area contributed by atoms with Crippen molar-refractivity contribution in [3.05, 3.63) is 29.6 Å². The van der Waals surface area contributed by atoms with Gasteiger partial charge in [0.1, 0.15) is 11.6 Å². The van der Waals surface area contributed by atoms with Crippen molar-refractivity contribution in [1.82, 2.24) is 0 Å². The lowest BCUT2D eigenvalue weighted by atomic mass is 10.1. The summed E-state index contributed by atoms with van der Waals surface area (Å²) in [7, 11) is 0. The molecule has 0 aliphatic carbocycles. The lowest BCUT2D eigenvalue weighted by molar-refractivity contribution is 0.0553. The van der Waals surface area contributed by atoms with Gasteiger partial charge in [-0.2, -0.15) is 0 Å². The van der Waals surface area contributed by atoms with E-state index in [9.17, 15) is 9.50 Å². The van der Waals surface area contributed by atoms with Crippen LogP contribution in [0.25, 0.3) is 0 Å². The molecular weight excluding hydrogens is 221 g/mol. The van der Waals surface area contributed by atoms with Gasteiger partial charge in [0.2, 0.25) is 0 Å². The highest BCUT2D eigenvalue weighted by atomic mass is 19.1. The summed E-state index contributed by atoms with van der Waals surface area (Å²) in [5.41, 5.74) is 5.31. The van der Waals surface area contributed by atoms with Crippen molar-refractivity contribution in [2.45, 2.75) is 38.8 Å². The Morgan fingerprint density at radius 2 is 2.12 bits per heavy atom. The highest BCUT2D eigenvalue weighted by Crippen LogP contribution is 2.21. The van der Waals surface area contributed by atoms with Crippen molar-refractivity contribution >= 4 is 0 Å². The zero-order valence-corrected chi connectivity index (χ0v) is 10.5. The van der Waals surface area contributed by atoms with E-state index in [1.165, 1.54) is 6.07 Å². The summed E-state index contributed by atoms with van der Waals surface area (Å²) in [4.78, 5) is 0. The minimum atomic E-state index is -0.774. The standard InChI is InChI=1S/C13H20FNO2/c1-9(15)11-5-4-10(8-12(11)14)17-7-6-13(2,3)16/h4-5,8-9,16H,6-7,15H2,1-3H3/t9-/m0/s1. The number of hydrogen-bond donors (Lipinski definition) is 2. The number of ether oxygens (including phenoxy) is 1. The molecule has 0 aromatic heterocycles. The Morgan fingerprint density at radius 3 is 2.59 bits per heavy atom. The second-order valence-electron chi connectivity index (χ2n) is 4.88. The summed E-state index contributed by atoms with van der Waals surface area (Å²) in [5, 5.41) is 9.50. The molecule has 0 aliphatic rings. The van der Waals surface area contributed by atoms with Gasteiger partial charge in [0.25, 0.3) is 0 Å². The Bertz CT molecular complexity index is 372. The predicted molar refractivity (Wildman–Crippen MR) is 65.4 cm³/mol. The van der Waals surface area contributed by atoms with Gasteiger partial charge < -0.3 is 15.6 Å². The van der Waals surface area contributed by atoms with E-state index in [-0.39, 0.29) is 11.9 Å². The molecule has 0 aliphatic heterocycles. The average molecular weight is 241 g/mol. The first-order valence-electron chi connectivity index (χ1n) is 5.70. The van der Waals surface area contributed by atoms with Crippen LogP contribution in [-0.4, -0.2) is 17.3 Å². The first-order chi connectivity index (χ1) is 7.79. The fraction of sp³-hybridized carbons (Fsp3) is 0.538. The van der Waals surface area contributed by atoms with E-state index >= 15 is 0 Å². The molecule has 1 atom stereocenters. The molecule has 1 aromatic carbocycles. The van der Waals surface area contributed by atoms with E-state index in [0.29, 0.717) is 24.3 Å². The second-order valence-corrected chi connectivity index (χ2v) is 4.88. The summed E-state index contributed by atoms with van der Waals surface area (Å²) >= 11 is 0. The maximum Gasteiger partial charge on any atom is 0.131 e. The fourth-order valence-electron chi connectivity index (χ4n) is 1.39. The predicted octanol–water partition coefficient (Wildman–Crippen LogP) is 2.39. The number of nitrogens with two attached hydrogens (primary N) is 1. The lowest BCUT2D eigenvalue weighted by Crippen LogP contribution is -2.21. The Hall–Kier alpha value is -1.13. The third-order valence-corrected chi connectivity index (χ3v) is 2.45. The van der Waals surface area contributed by atoms with Gasteiger partial charge >= 0.3 is 0 Å². The Morgan fingerprint density at radius 1 is 1.47 bits per heavy atom. The maximum atomic E-state index is 13.6. The highest BCUT2D eigenvalue weighted by Gasteiger charge is 2.13. The first kappa shape index (κ1) is 13.9. The third-order valence-electron chi connectivity index (χ3n) is 2.45. The van der Waals surface area contributed by atoms with Gasteiger partial charge in [0.15, 0.2) is 0 Å². The minimum Gasteiger partial charge on any atom is -0.493 e. The average Bonchev–Trinajstić information content (AvgIpc) is 2.15. The third kappa shape index (κ3) is 4.71. The molecule has 0 fully saturated rings. The van der Waals surface area contributed by atoms with Crippen LogP contribution in [0.15, 0.2) is 18.2 Å². The second kappa shape index (κ2) is 5.47. The van der Waals surface area contributed by atoms with Crippen LogP contribution in [-0.2, 0) is 0 Å². The zero-order chi connectivity index (χ0) is 13.1.